The van der Waals surface area contributed by atoms with Gasteiger partial charge in [0.25, 0.3) is 11.8 Å². The van der Waals surface area contributed by atoms with E-state index in [4.69, 9.17) is 0 Å². The van der Waals surface area contributed by atoms with E-state index in [9.17, 15) is 19.1 Å². The summed E-state index contributed by atoms with van der Waals surface area (Å²) < 4.78 is 14.9. The molecule has 6 nitrogen and oxygen atoms in total. The third-order valence-corrected chi connectivity index (χ3v) is 5.07. The molecule has 0 spiro atoms. The van der Waals surface area contributed by atoms with Gasteiger partial charge in [-0.1, -0.05) is 12.1 Å². The van der Waals surface area contributed by atoms with Gasteiger partial charge in [-0.25, -0.2) is 4.39 Å². The lowest BCUT2D eigenvalue weighted by Gasteiger charge is -2.35. The van der Waals surface area contributed by atoms with Crippen LogP contribution in [0.2, 0.25) is 0 Å². The van der Waals surface area contributed by atoms with Gasteiger partial charge in [0.15, 0.2) is 11.4 Å². The van der Waals surface area contributed by atoms with E-state index in [-0.39, 0.29) is 40.7 Å². The molecule has 1 aromatic carbocycles. The Morgan fingerprint density at radius 3 is 2.72 bits per heavy atom. The van der Waals surface area contributed by atoms with E-state index in [1.165, 1.54) is 12.1 Å². The lowest BCUT2D eigenvalue weighted by atomic mass is 10.0. The van der Waals surface area contributed by atoms with Crippen molar-refractivity contribution in [2.75, 3.05) is 13.6 Å². The van der Waals surface area contributed by atoms with E-state index in [0.717, 1.165) is 5.56 Å². The van der Waals surface area contributed by atoms with Crippen LogP contribution in [0.25, 0.3) is 0 Å². The average Bonchev–Trinajstić information content (AvgIpc) is 2.88. The molecular weight excluding hydrogens is 325 g/mol. The normalized spacial score (nSPS) is 19.4. The quantitative estimate of drug-likeness (QED) is 0.864. The fraction of sp³-hybridized carbons (Fsp3) is 0.333. The van der Waals surface area contributed by atoms with E-state index in [1.54, 1.807) is 28.6 Å². The molecule has 0 bridgehead atoms. The predicted molar refractivity (Wildman–Crippen MR) is 88.1 cm³/mol. The van der Waals surface area contributed by atoms with Gasteiger partial charge in [-0.3, -0.25) is 9.59 Å². The second-order valence-electron chi connectivity index (χ2n) is 6.54. The molecule has 25 heavy (non-hydrogen) atoms. The number of aromatic hydroxyl groups is 1. The smallest absolute Gasteiger partial charge is 0.274 e. The van der Waals surface area contributed by atoms with E-state index in [1.807, 2.05) is 0 Å². The first-order valence-corrected chi connectivity index (χ1v) is 8.21. The third kappa shape index (κ3) is 2.38. The first kappa shape index (κ1) is 15.7. The van der Waals surface area contributed by atoms with Gasteiger partial charge in [-0.05, 0) is 24.1 Å². The molecule has 4 rings (SSSR count). The van der Waals surface area contributed by atoms with Crippen LogP contribution in [0.4, 0.5) is 4.39 Å². The number of fused-ring (bicyclic) bond motifs is 3. The number of amides is 2. The molecule has 2 aliphatic heterocycles. The van der Waals surface area contributed by atoms with Gasteiger partial charge in [0.05, 0.1) is 6.04 Å². The maximum absolute atomic E-state index is 13.1. The molecule has 7 heteroatoms. The summed E-state index contributed by atoms with van der Waals surface area (Å²) in [6.07, 6.45) is 1.15. The molecule has 1 unspecified atom stereocenters. The highest BCUT2D eigenvalue weighted by atomic mass is 19.1. The summed E-state index contributed by atoms with van der Waals surface area (Å²) in [5.74, 6) is -1.18. The summed E-state index contributed by atoms with van der Waals surface area (Å²) in [6.45, 7) is 0.979. The molecule has 0 radical (unpaired) electrons. The second-order valence-corrected chi connectivity index (χ2v) is 6.54. The summed E-state index contributed by atoms with van der Waals surface area (Å²) in [5, 5.41) is 13.1. The number of nitrogens with one attached hydrogen (secondary N) is 1. The van der Waals surface area contributed by atoms with Gasteiger partial charge >= 0.3 is 0 Å². The van der Waals surface area contributed by atoms with Crippen LogP contribution in [0.5, 0.6) is 5.75 Å². The van der Waals surface area contributed by atoms with E-state index >= 15 is 0 Å². The minimum Gasteiger partial charge on any atom is -0.505 e. The molecule has 0 saturated heterocycles. The minimum absolute atomic E-state index is 0.133. The zero-order valence-electron chi connectivity index (χ0n) is 13.8. The first-order chi connectivity index (χ1) is 12.0. The Kier molecular flexibility index (Phi) is 3.52. The molecule has 2 amide bonds. The van der Waals surface area contributed by atoms with Crippen LogP contribution in [0, 0.1) is 5.82 Å². The number of carbonyl (C=O) groups excluding carboxylic acids is 2. The highest BCUT2D eigenvalue weighted by Crippen LogP contribution is 2.36. The fourth-order valence-corrected chi connectivity index (χ4v) is 3.71. The summed E-state index contributed by atoms with van der Waals surface area (Å²) in [4.78, 5) is 26.4. The van der Waals surface area contributed by atoms with Gasteiger partial charge in [-0.2, -0.15) is 0 Å². The van der Waals surface area contributed by atoms with Crippen molar-refractivity contribution in [3.63, 3.8) is 0 Å². The largest absolute Gasteiger partial charge is 0.505 e. The van der Waals surface area contributed by atoms with E-state index < -0.39 is 0 Å². The highest BCUT2D eigenvalue weighted by molar-refractivity contribution is 6.05. The number of aromatic nitrogens is 1. The van der Waals surface area contributed by atoms with Crippen LogP contribution >= 0.6 is 0 Å². The number of nitrogens with zero attached hydrogens (tertiary/aromatic N) is 2. The molecule has 130 valence electrons. The number of benzene rings is 1. The van der Waals surface area contributed by atoms with E-state index in [2.05, 4.69) is 5.32 Å². The Morgan fingerprint density at radius 1 is 1.28 bits per heavy atom. The van der Waals surface area contributed by atoms with Crippen molar-refractivity contribution in [1.29, 1.82) is 0 Å². The highest BCUT2D eigenvalue weighted by Gasteiger charge is 2.39. The number of likely N-dealkylation sites (N-methyl/N-ethyl adjacent to an activating group) is 1. The van der Waals surface area contributed by atoms with Crippen LogP contribution in [-0.2, 0) is 19.4 Å². The first-order valence-electron chi connectivity index (χ1n) is 8.21. The monoisotopic (exact) mass is 343 g/mol. The second kappa shape index (κ2) is 5.61. The zero-order valence-corrected chi connectivity index (χ0v) is 13.8. The number of halogens is 1. The van der Waals surface area contributed by atoms with Crippen molar-refractivity contribution in [3.05, 3.63) is 52.6 Å². The van der Waals surface area contributed by atoms with Crippen LogP contribution < -0.4 is 5.32 Å². The number of carbonyl (C=O) groups is 2. The third-order valence-electron chi connectivity index (χ3n) is 5.07. The van der Waals surface area contributed by atoms with Crippen LogP contribution in [0.15, 0.2) is 24.3 Å². The molecule has 2 aliphatic rings. The number of rotatable bonds is 2. The van der Waals surface area contributed by atoms with Gasteiger partial charge in [-0.15, -0.1) is 0 Å². The molecule has 0 saturated carbocycles. The number of hydrogen-bond acceptors (Lipinski definition) is 3. The molecule has 0 aliphatic carbocycles. The lowest BCUT2D eigenvalue weighted by molar-refractivity contribution is 0.0649. The molecule has 1 aromatic heterocycles. The summed E-state index contributed by atoms with van der Waals surface area (Å²) in [5.41, 5.74) is 2.03. The Balaban J connectivity index is 1.72. The van der Waals surface area contributed by atoms with Crippen molar-refractivity contribution in [2.24, 2.45) is 0 Å². The zero-order chi connectivity index (χ0) is 17.7. The lowest BCUT2D eigenvalue weighted by Crippen LogP contribution is -2.47. The van der Waals surface area contributed by atoms with Gasteiger partial charge in [0.1, 0.15) is 11.4 Å². The topological polar surface area (TPSA) is 74.6 Å². The summed E-state index contributed by atoms with van der Waals surface area (Å²) >= 11 is 0. The Labute approximate surface area is 143 Å². The van der Waals surface area contributed by atoms with Crippen LogP contribution in [-0.4, -0.2) is 46.0 Å². The fourth-order valence-electron chi connectivity index (χ4n) is 3.71. The van der Waals surface area contributed by atoms with E-state index in [0.29, 0.717) is 31.6 Å². The van der Waals surface area contributed by atoms with Crippen molar-refractivity contribution in [1.82, 2.24) is 14.8 Å². The summed E-state index contributed by atoms with van der Waals surface area (Å²) in [6, 6.07) is 6.09. The van der Waals surface area contributed by atoms with Crippen LogP contribution in [0.3, 0.4) is 0 Å². The number of hydrogen-bond donors (Lipinski definition) is 2. The van der Waals surface area contributed by atoms with Gasteiger partial charge < -0.3 is 19.9 Å². The average molecular weight is 343 g/mol. The van der Waals surface area contributed by atoms with Crippen molar-refractivity contribution in [2.45, 2.75) is 25.4 Å². The molecule has 2 N–H and O–H groups in total. The predicted octanol–water partition coefficient (Wildman–Crippen LogP) is 1.32. The molecule has 3 heterocycles. The summed E-state index contributed by atoms with van der Waals surface area (Å²) in [7, 11) is 1.69. The molecule has 1 atom stereocenters. The van der Waals surface area contributed by atoms with Crippen LogP contribution in [0.1, 0.15) is 32.1 Å². The molecule has 2 aromatic rings. The van der Waals surface area contributed by atoms with Crippen molar-refractivity contribution < 1.29 is 19.1 Å². The standard InChI is InChI=1S/C18H18FN3O3/c1-21-12(8-10-2-4-11(19)5-3-10)9-22-13-6-7-20-17(24)14(13)16(23)15(22)18(21)25/h2-5,12,23H,6-9H2,1H3,(H,20,24). The molecule has 0 fully saturated rings. The van der Waals surface area contributed by atoms with Gasteiger partial charge in [0, 0.05) is 32.3 Å². The minimum atomic E-state index is -0.341. The van der Waals surface area contributed by atoms with Crippen molar-refractivity contribution in [3.8, 4) is 5.75 Å². The Morgan fingerprint density at radius 2 is 2.00 bits per heavy atom. The molecular formula is C18H18FN3O3. The Hall–Kier alpha value is -2.83. The SMILES string of the molecule is CN1C(=O)c2c(O)c3c(n2CC1Cc1ccc(F)cc1)CCNC3=O. The maximum atomic E-state index is 13.1. The van der Waals surface area contributed by atoms with Crippen molar-refractivity contribution >= 4 is 11.8 Å². The van der Waals surface area contributed by atoms with Gasteiger partial charge in [0.2, 0.25) is 0 Å². The maximum Gasteiger partial charge on any atom is 0.274 e. The Bertz CT molecular complexity index is 873.